The minimum absolute atomic E-state index is 0.426. The van der Waals surface area contributed by atoms with Gasteiger partial charge in [0.15, 0.2) is 0 Å². The lowest BCUT2D eigenvalue weighted by molar-refractivity contribution is 0.194. The molecule has 0 aromatic carbocycles. The lowest BCUT2D eigenvalue weighted by Gasteiger charge is -2.01. The first-order valence-electron chi connectivity index (χ1n) is 3.15. The van der Waals surface area contributed by atoms with Crippen molar-refractivity contribution in [1.29, 1.82) is 0 Å². The number of nitrogens with one attached hydrogen (secondary N) is 2. The highest BCUT2D eigenvalue weighted by Crippen LogP contribution is 1.60. The number of rotatable bonds is 5. The Morgan fingerprint density at radius 3 is 2.60 bits per heavy atom. The number of nitrogens with two attached hydrogens (primary N) is 1. The Hall–Kier alpha value is -0.810. The molecule has 0 bridgehead atoms. The van der Waals surface area contributed by atoms with E-state index in [0.717, 1.165) is 6.54 Å². The maximum absolute atomic E-state index is 9.87. The zero-order valence-electron chi connectivity index (χ0n) is 5.76. The Kier molecular flexibility index (Phi) is 5.80. The van der Waals surface area contributed by atoms with Crippen molar-refractivity contribution in [2.24, 2.45) is 5.73 Å². The lowest BCUT2D eigenvalue weighted by atomic mass is 10.5. The van der Waals surface area contributed by atoms with Gasteiger partial charge in [0.1, 0.15) is 0 Å². The van der Waals surface area contributed by atoms with Crippen LogP contribution in [0.3, 0.4) is 0 Å². The average molecular weight is 147 g/mol. The number of carbonyl (C=O) groups is 1. The molecule has 0 saturated carbocycles. The molecular weight excluding hydrogens is 134 g/mol. The highest BCUT2D eigenvalue weighted by Gasteiger charge is 1.90. The third kappa shape index (κ3) is 7.19. The molecule has 0 saturated heterocycles. The smallest absolute Gasteiger partial charge is 0.404 e. The predicted molar refractivity (Wildman–Crippen MR) is 38.0 cm³/mol. The van der Waals surface area contributed by atoms with Gasteiger partial charge in [-0.15, -0.1) is 0 Å². The molecule has 0 unspecified atom stereocenters. The van der Waals surface area contributed by atoms with Crippen LogP contribution in [0, 0.1) is 0 Å². The van der Waals surface area contributed by atoms with Crippen LogP contribution < -0.4 is 16.4 Å². The fraction of sp³-hybridized carbons (Fsp3) is 0.800. The van der Waals surface area contributed by atoms with Crippen LogP contribution >= 0.6 is 0 Å². The third-order valence-electron chi connectivity index (χ3n) is 0.899. The zero-order chi connectivity index (χ0) is 7.82. The fourth-order valence-corrected chi connectivity index (χ4v) is 0.485. The average Bonchev–Trinajstić information content (AvgIpc) is 1.87. The SMILES string of the molecule is NCCNCCNC(=O)O. The van der Waals surface area contributed by atoms with Gasteiger partial charge in [0, 0.05) is 26.2 Å². The van der Waals surface area contributed by atoms with E-state index in [2.05, 4.69) is 10.6 Å². The normalized spacial score (nSPS) is 9.30. The molecule has 0 aromatic heterocycles. The minimum atomic E-state index is -0.991. The van der Waals surface area contributed by atoms with Crippen LogP contribution in [0.1, 0.15) is 0 Å². The summed E-state index contributed by atoms with van der Waals surface area (Å²) in [6.45, 7) is 2.35. The van der Waals surface area contributed by atoms with Gasteiger partial charge in [0.2, 0.25) is 0 Å². The van der Waals surface area contributed by atoms with Crippen LogP contribution in [-0.2, 0) is 0 Å². The van der Waals surface area contributed by atoms with Crippen LogP contribution in [0.25, 0.3) is 0 Å². The van der Waals surface area contributed by atoms with Crippen molar-refractivity contribution in [3.05, 3.63) is 0 Å². The fourth-order valence-electron chi connectivity index (χ4n) is 0.485. The van der Waals surface area contributed by atoms with E-state index in [1.165, 1.54) is 0 Å². The Balaban J connectivity index is 2.84. The predicted octanol–water partition coefficient (Wildman–Crippen LogP) is -1.20. The molecule has 0 fully saturated rings. The lowest BCUT2D eigenvalue weighted by Crippen LogP contribution is -2.32. The van der Waals surface area contributed by atoms with E-state index in [-0.39, 0.29) is 0 Å². The van der Waals surface area contributed by atoms with Gasteiger partial charge < -0.3 is 21.5 Å². The second-order valence-electron chi connectivity index (χ2n) is 1.77. The van der Waals surface area contributed by atoms with Crippen molar-refractivity contribution in [2.75, 3.05) is 26.2 Å². The molecule has 0 aliphatic rings. The number of hydrogen-bond donors (Lipinski definition) is 4. The van der Waals surface area contributed by atoms with Gasteiger partial charge in [-0.05, 0) is 0 Å². The molecule has 60 valence electrons. The standard InChI is InChI=1S/C5H13N3O2/c6-1-2-7-3-4-8-5(9)10/h7-8H,1-4,6H2,(H,9,10). The molecule has 0 aliphatic carbocycles. The molecule has 0 atom stereocenters. The summed E-state index contributed by atoms with van der Waals surface area (Å²) in [7, 11) is 0. The second kappa shape index (κ2) is 6.31. The van der Waals surface area contributed by atoms with Gasteiger partial charge in [-0.3, -0.25) is 0 Å². The Morgan fingerprint density at radius 1 is 1.40 bits per heavy atom. The van der Waals surface area contributed by atoms with Crippen molar-refractivity contribution >= 4 is 6.09 Å². The molecule has 5 N–H and O–H groups in total. The monoisotopic (exact) mass is 147 g/mol. The third-order valence-corrected chi connectivity index (χ3v) is 0.899. The summed E-state index contributed by atoms with van der Waals surface area (Å²) in [5.41, 5.74) is 5.17. The van der Waals surface area contributed by atoms with Crippen LogP contribution in [0.5, 0.6) is 0 Å². The van der Waals surface area contributed by atoms with Gasteiger partial charge in [-0.2, -0.15) is 0 Å². The van der Waals surface area contributed by atoms with Crippen molar-refractivity contribution in [3.8, 4) is 0 Å². The number of hydrogen-bond acceptors (Lipinski definition) is 3. The summed E-state index contributed by atoms with van der Waals surface area (Å²) in [6.07, 6.45) is -0.991. The van der Waals surface area contributed by atoms with Gasteiger partial charge in [-0.1, -0.05) is 0 Å². The molecule has 0 radical (unpaired) electrons. The van der Waals surface area contributed by atoms with E-state index < -0.39 is 6.09 Å². The topological polar surface area (TPSA) is 87.4 Å². The molecular formula is C5H13N3O2. The summed E-state index contributed by atoms with van der Waals surface area (Å²) in [4.78, 5) is 9.87. The van der Waals surface area contributed by atoms with Crippen LogP contribution in [-0.4, -0.2) is 37.4 Å². The van der Waals surface area contributed by atoms with Crippen LogP contribution in [0.4, 0.5) is 4.79 Å². The first-order valence-corrected chi connectivity index (χ1v) is 3.15. The first kappa shape index (κ1) is 9.19. The highest BCUT2D eigenvalue weighted by atomic mass is 16.4. The molecule has 0 aromatic rings. The number of amides is 1. The molecule has 0 aliphatic heterocycles. The van der Waals surface area contributed by atoms with E-state index in [4.69, 9.17) is 10.8 Å². The van der Waals surface area contributed by atoms with Crippen molar-refractivity contribution in [3.63, 3.8) is 0 Å². The highest BCUT2D eigenvalue weighted by molar-refractivity contribution is 5.64. The minimum Gasteiger partial charge on any atom is -0.465 e. The summed E-state index contributed by atoms with van der Waals surface area (Å²) in [5, 5.41) is 13.3. The first-order chi connectivity index (χ1) is 4.77. The summed E-state index contributed by atoms with van der Waals surface area (Å²) in [5.74, 6) is 0. The molecule has 5 heteroatoms. The largest absolute Gasteiger partial charge is 0.465 e. The Bertz CT molecular complexity index is 96.9. The van der Waals surface area contributed by atoms with E-state index >= 15 is 0 Å². The Morgan fingerprint density at radius 2 is 2.10 bits per heavy atom. The molecule has 0 heterocycles. The van der Waals surface area contributed by atoms with Crippen molar-refractivity contribution in [2.45, 2.75) is 0 Å². The summed E-state index contributed by atoms with van der Waals surface area (Å²) < 4.78 is 0. The zero-order valence-corrected chi connectivity index (χ0v) is 5.76. The molecule has 5 nitrogen and oxygen atoms in total. The maximum Gasteiger partial charge on any atom is 0.404 e. The molecule has 10 heavy (non-hydrogen) atoms. The van der Waals surface area contributed by atoms with E-state index in [0.29, 0.717) is 19.6 Å². The van der Waals surface area contributed by atoms with Gasteiger partial charge >= 0.3 is 6.09 Å². The quantitative estimate of drug-likeness (QED) is 0.368. The maximum atomic E-state index is 9.87. The van der Waals surface area contributed by atoms with Crippen molar-refractivity contribution in [1.82, 2.24) is 10.6 Å². The van der Waals surface area contributed by atoms with Crippen LogP contribution in [0.15, 0.2) is 0 Å². The molecule has 0 spiro atoms. The van der Waals surface area contributed by atoms with E-state index in [1.807, 2.05) is 0 Å². The molecule has 1 amide bonds. The van der Waals surface area contributed by atoms with Gasteiger partial charge in [-0.25, -0.2) is 4.79 Å². The summed E-state index contributed by atoms with van der Waals surface area (Å²) >= 11 is 0. The second-order valence-corrected chi connectivity index (χ2v) is 1.77. The Labute approximate surface area is 59.6 Å². The van der Waals surface area contributed by atoms with Gasteiger partial charge in [0.25, 0.3) is 0 Å². The number of carboxylic acid groups (broad SMARTS) is 1. The van der Waals surface area contributed by atoms with Crippen LogP contribution in [0.2, 0.25) is 0 Å². The van der Waals surface area contributed by atoms with E-state index in [9.17, 15) is 4.79 Å². The van der Waals surface area contributed by atoms with Gasteiger partial charge in [0.05, 0.1) is 0 Å². The van der Waals surface area contributed by atoms with E-state index in [1.54, 1.807) is 0 Å². The van der Waals surface area contributed by atoms with Crippen molar-refractivity contribution < 1.29 is 9.90 Å². The summed E-state index contributed by atoms with van der Waals surface area (Å²) in [6, 6.07) is 0. The molecule has 0 rings (SSSR count).